The number of aromatic carboxylic acids is 1. The number of benzene rings is 1. The second-order valence-corrected chi connectivity index (χ2v) is 5.89. The number of thioether (sulfide) groups is 1. The molecular weight excluding hydrogens is 323 g/mol. The Morgan fingerprint density at radius 3 is 2.83 bits per heavy atom. The predicted octanol–water partition coefficient (Wildman–Crippen LogP) is 2.43. The van der Waals surface area contributed by atoms with Gasteiger partial charge in [-0.15, -0.1) is 10.2 Å². The normalized spacial score (nSPS) is 10.8. The Morgan fingerprint density at radius 2 is 2.17 bits per heavy atom. The third-order valence-electron chi connectivity index (χ3n) is 2.92. The zero-order valence-corrected chi connectivity index (χ0v) is 13.3. The van der Waals surface area contributed by atoms with E-state index in [0.29, 0.717) is 5.16 Å². The van der Waals surface area contributed by atoms with Crippen molar-refractivity contribution in [2.75, 3.05) is 11.1 Å². The summed E-state index contributed by atoms with van der Waals surface area (Å²) in [5.41, 5.74) is -0.269. The monoisotopic (exact) mass is 338 g/mol. The first-order valence-corrected chi connectivity index (χ1v) is 7.72. The summed E-state index contributed by atoms with van der Waals surface area (Å²) in [6.45, 7) is 3.92. The predicted molar refractivity (Wildman–Crippen MR) is 83.1 cm³/mol. The Kier molecular flexibility index (Phi) is 5.32. The number of carboxylic acid groups (broad SMARTS) is 1. The molecule has 0 spiro atoms. The summed E-state index contributed by atoms with van der Waals surface area (Å²) < 4.78 is 15.4. The van der Waals surface area contributed by atoms with E-state index in [1.807, 2.05) is 18.4 Å². The van der Waals surface area contributed by atoms with Gasteiger partial charge < -0.3 is 15.0 Å². The van der Waals surface area contributed by atoms with Gasteiger partial charge in [-0.3, -0.25) is 4.79 Å². The van der Waals surface area contributed by atoms with Crippen molar-refractivity contribution in [2.24, 2.45) is 0 Å². The number of halogens is 1. The van der Waals surface area contributed by atoms with Crippen molar-refractivity contribution < 1.29 is 19.1 Å². The minimum absolute atomic E-state index is 0.00214. The SMILES string of the molecule is CC(C)n1cnnc1SCC(=O)Nc1cc(C(=O)O)ccc1F. The van der Waals surface area contributed by atoms with Gasteiger partial charge in [0.1, 0.15) is 12.1 Å². The number of nitrogens with one attached hydrogen (secondary N) is 1. The van der Waals surface area contributed by atoms with Gasteiger partial charge in [0.15, 0.2) is 5.16 Å². The molecule has 2 aromatic rings. The smallest absolute Gasteiger partial charge is 0.335 e. The standard InChI is InChI=1S/C14H15FN4O3S/c1-8(2)19-7-16-18-14(19)23-6-12(20)17-11-5-9(13(21)22)3-4-10(11)15/h3-5,7-8H,6H2,1-2H3,(H,17,20)(H,21,22). The summed E-state index contributed by atoms with van der Waals surface area (Å²) in [5, 5.41) is 19.5. The van der Waals surface area contributed by atoms with Crippen molar-refractivity contribution in [3.63, 3.8) is 0 Å². The summed E-state index contributed by atoms with van der Waals surface area (Å²) in [7, 11) is 0. The molecule has 0 saturated heterocycles. The van der Waals surface area contributed by atoms with Gasteiger partial charge in [-0.25, -0.2) is 9.18 Å². The van der Waals surface area contributed by atoms with Gasteiger partial charge in [0.05, 0.1) is 17.0 Å². The molecule has 0 aliphatic carbocycles. The summed E-state index contributed by atoms with van der Waals surface area (Å²) in [4.78, 5) is 22.8. The molecule has 0 fully saturated rings. The zero-order chi connectivity index (χ0) is 17.0. The number of hydrogen-bond donors (Lipinski definition) is 2. The maximum absolute atomic E-state index is 13.6. The number of carbonyl (C=O) groups is 2. The topological polar surface area (TPSA) is 97.1 Å². The minimum Gasteiger partial charge on any atom is -0.478 e. The lowest BCUT2D eigenvalue weighted by Gasteiger charge is -2.10. The molecule has 1 heterocycles. The Balaban J connectivity index is 2.01. The van der Waals surface area contributed by atoms with E-state index in [-0.39, 0.29) is 23.0 Å². The largest absolute Gasteiger partial charge is 0.478 e. The molecule has 1 aromatic carbocycles. The summed E-state index contributed by atoms with van der Waals surface area (Å²) in [5.74, 6) is -2.35. The molecule has 0 saturated carbocycles. The summed E-state index contributed by atoms with van der Waals surface area (Å²) in [6.07, 6.45) is 1.57. The molecule has 0 radical (unpaired) electrons. The number of carboxylic acids is 1. The fourth-order valence-electron chi connectivity index (χ4n) is 1.76. The number of anilines is 1. The molecule has 122 valence electrons. The van der Waals surface area contributed by atoms with Gasteiger partial charge >= 0.3 is 5.97 Å². The first-order chi connectivity index (χ1) is 10.9. The van der Waals surface area contributed by atoms with E-state index < -0.39 is 17.7 Å². The molecule has 1 amide bonds. The van der Waals surface area contributed by atoms with E-state index in [1.165, 1.54) is 0 Å². The second-order valence-electron chi connectivity index (χ2n) is 4.95. The number of hydrogen-bond acceptors (Lipinski definition) is 5. The summed E-state index contributed by atoms with van der Waals surface area (Å²) in [6, 6.07) is 3.37. The molecule has 2 rings (SSSR count). The Bertz CT molecular complexity index is 733. The van der Waals surface area contributed by atoms with Crippen LogP contribution in [0.25, 0.3) is 0 Å². The average Bonchev–Trinajstić information content (AvgIpc) is 2.96. The van der Waals surface area contributed by atoms with Crippen LogP contribution < -0.4 is 5.32 Å². The van der Waals surface area contributed by atoms with Gasteiger partial charge in [-0.1, -0.05) is 11.8 Å². The maximum atomic E-state index is 13.6. The van der Waals surface area contributed by atoms with Crippen LogP contribution in [0.2, 0.25) is 0 Å². The lowest BCUT2D eigenvalue weighted by atomic mass is 10.2. The molecule has 0 bridgehead atoms. The quantitative estimate of drug-likeness (QED) is 0.785. The molecule has 0 aliphatic heterocycles. The molecule has 0 atom stereocenters. The van der Waals surface area contributed by atoms with E-state index in [4.69, 9.17) is 5.11 Å². The number of aromatic nitrogens is 3. The molecule has 23 heavy (non-hydrogen) atoms. The van der Waals surface area contributed by atoms with Gasteiger partial charge in [-0.05, 0) is 32.0 Å². The number of amides is 1. The van der Waals surface area contributed by atoms with Crippen LogP contribution in [-0.2, 0) is 4.79 Å². The first-order valence-electron chi connectivity index (χ1n) is 6.73. The average molecular weight is 338 g/mol. The molecule has 0 unspecified atom stereocenters. The van der Waals surface area contributed by atoms with E-state index in [0.717, 1.165) is 30.0 Å². The second kappa shape index (κ2) is 7.23. The van der Waals surface area contributed by atoms with E-state index in [2.05, 4.69) is 15.5 Å². The van der Waals surface area contributed by atoms with Crippen LogP contribution in [0, 0.1) is 5.82 Å². The highest BCUT2D eigenvalue weighted by molar-refractivity contribution is 7.99. The van der Waals surface area contributed by atoms with Gasteiger partial charge in [0.25, 0.3) is 0 Å². The van der Waals surface area contributed by atoms with Crippen LogP contribution >= 0.6 is 11.8 Å². The molecule has 9 heteroatoms. The van der Waals surface area contributed by atoms with Crippen molar-refractivity contribution in [2.45, 2.75) is 25.0 Å². The molecular formula is C14H15FN4O3S. The lowest BCUT2D eigenvalue weighted by molar-refractivity contribution is -0.113. The highest BCUT2D eigenvalue weighted by Gasteiger charge is 2.13. The highest BCUT2D eigenvalue weighted by Crippen LogP contribution is 2.20. The number of rotatable bonds is 6. The van der Waals surface area contributed by atoms with Crippen LogP contribution in [0.15, 0.2) is 29.7 Å². The van der Waals surface area contributed by atoms with Crippen LogP contribution in [0.1, 0.15) is 30.2 Å². The van der Waals surface area contributed by atoms with Crippen LogP contribution in [-0.4, -0.2) is 37.5 Å². The third-order valence-corrected chi connectivity index (χ3v) is 3.87. The van der Waals surface area contributed by atoms with Crippen molar-refractivity contribution in [3.8, 4) is 0 Å². The first kappa shape index (κ1) is 16.9. The fraction of sp³-hybridized carbons (Fsp3) is 0.286. The molecule has 0 aliphatic rings. The lowest BCUT2D eigenvalue weighted by Crippen LogP contribution is -2.16. The van der Waals surface area contributed by atoms with Crippen molar-refractivity contribution in [3.05, 3.63) is 35.9 Å². The van der Waals surface area contributed by atoms with Gasteiger partial charge in [0, 0.05) is 6.04 Å². The van der Waals surface area contributed by atoms with Gasteiger partial charge in [0.2, 0.25) is 5.91 Å². The summed E-state index contributed by atoms with van der Waals surface area (Å²) >= 11 is 1.16. The van der Waals surface area contributed by atoms with E-state index >= 15 is 0 Å². The number of nitrogens with zero attached hydrogens (tertiary/aromatic N) is 3. The number of carbonyl (C=O) groups excluding carboxylic acids is 1. The van der Waals surface area contributed by atoms with E-state index in [9.17, 15) is 14.0 Å². The van der Waals surface area contributed by atoms with E-state index in [1.54, 1.807) is 6.33 Å². The van der Waals surface area contributed by atoms with Crippen LogP contribution in [0.5, 0.6) is 0 Å². The van der Waals surface area contributed by atoms with Crippen molar-refractivity contribution in [1.29, 1.82) is 0 Å². The molecule has 2 N–H and O–H groups in total. The van der Waals surface area contributed by atoms with Crippen LogP contribution in [0.4, 0.5) is 10.1 Å². The fourth-order valence-corrected chi connectivity index (χ4v) is 2.60. The maximum Gasteiger partial charge on any atom is 0.335 e. The Morgan fingerprint density at radius 1 is 1.43 bits per heavy atom. The van der Waals surface area contributed by atoms with Crippen LogP contribution in [0.3, 0.4) is 0 Å². The van der Waals surface area contributed by atoms with Crippen molar-refractivity contribution in [1.82, 2.24) is 14.8 Å². The Hall–Kier alpha value is -2.42. The molecule has 7 nitrogen and oxygen atoms in total. The Labute approximate surface area is 135 Å². The minimum atomic E-state index is -1.19. The third kappa shape index (κ3) is 4.28. The molecule has 1 aromatic heterocycles. The van der Waals surface area contributed by atoms with Gasteiger partial charge in [-0.2, -0.15) is 0 Å². The zero-order valence-electron chi connectivity index (χ0n) is 12.5. The highest BCUT2D eigenvalue weighted by atomic mass is 32.2. The van der Waals surface area contributed by atoms with Crippen molar-refractivity contribution >= 4 is 29.3 Å².